The fraction of sp³-hybridized carbons (Fsp3) is 0.250. The zero-order valence-corrected chi connectivity index (χ0v) is 22.8. The molecular weight excluding hydrogens is 550 g/mol. The van der Waals surface area contributed by atoms with Gasteiger partial charge < -0.3 is 24.3 Å². The summed E-state index contributed by atoms with van der Waals surface area (Å²) in [5, 5.41) is 18.5. The van der Waals surface area contributed by atoms with Crippen molar-refractivity contribution in [2.75, 3.05) is 27.9 Å². The van der Waals surface area contributed by atoms with E-state index >= 15 is 0 Å². The van der Waals surface area contributed by atoms with Gasteiger partial charge in [0, 0.05) is 31.0 Å². The molecule has 1 aliphatic rings. The summed E-state index contributed by atoms with van der Waals surface area (Å²) < 4.78 is 15.6. The summed E-state index contributed by atoms with van der Waals surface area (Å²) in [6, 6.07) is 12.0. The lowest BCUT2D eigenvalue weighted by Gasteiger charge is -2.26. The number of nitrogens with zero attached hydrogens (tertiary/aromatic N) is 5. The van der Waals surface area contributed by atoms with Crippen LogP contribution in [-0.2, 0) is 19.2 Å². The minimum absolute atomic E-state index is 0.111. The molecule has 4 aromatic rings. The highest BCUT2D eigenvalue weighted by Crippen LogP contribution is 2.36. The molecule has 1 fully saturated rings. The number of ether oxygens (including phenoxy) is 2. The van der Waals surface area contributed by atoms with Crippen molar-refractivity contribution in [3.63, 3.8) is 0 Å². The molecule has 2 aromatic carbocycles. The van der Waals surface area contributed by atoms with E-state index in [0.717, 1.165) is 4.90 Å². The molecule has 14 nitrogen and oxygen atoms in total. The summed E-state index contributed by atoms with van der Waals surface area (Å²) in [5.74, 6) is -2.21. The molecule has 0 spiro atoms. The molecule has 5 rings (SSSR count). The molecule has 216 valence electrons. The smallest absolute Gasteiger partial charge is 0.357 e. The van der Waals surface area contributed by atoms with E-state index in [9.17, 15) is 24.3 Å². The summed E-state index contributed by atoms with van der Waals surface area (Å²) in [6.07, 6.45) is -0.223. The summed E-state index contributed by atoms with van der Waals surface area (Å²) in [7, 11) is 4.30. The van der Waals surface area contributed by atoms with Crippen LogP contribution in [0.15, 0.2) is 53.2 Å². The maximum absolute atomic E-state index is 14.1. The first-order valence-corrected chi connectivity index (χ1v) is 12.7. The molecule has 42 heavy (non-hydrogen) atoms. The number of amides is 3. The van der Waals surface area contributed by atoms with Crippen LogP contribution in [0.2, 0.25) is 0 Å². The zero-order chi connectivity index (χ0) is 30.0. The molecule has 1 atom stereocenters. The second kappa shape index (κ2) is 11.6. The predicted molar refractivity (Wildman–Crippen MR) is 144 cm³/mol. The second-order valence-corrected chi connectivity index (χ2v) is 9.21. The first kappa shape index (κ1) is 28.2. The number of methoxy groups -OCH3 is 2. The Hall–Kier alpha value is -5.37. The number of hydroxylamine groups is 2. The number of imide groups is 1. The number of aliphatic hydroxyl groups excluding tert-OH is 1. The average molecular weight is 576 g/mol. The number of aliphatic hydroxyl groups is 1. The molecular formula is C28H25N5O9. The van der Waals surface area contributed by atoms with Crippen molar-refractivity contribution in [3.8, 4) is 33.9 Å². The average Bonchev–Trinajstić information content (AvgIpc) is 3.63. The van der Waals surface area contributed by atoms with Gasteiger partial charge in [-0.1, -0.05) is 12.1 Å². The van der Waals surface area contributed by atoms with E-state index < -0.39 is 36.3 Å². The van der Waals surface area contributed by atoms with Crippen molar-refractivity contribution < 1.29 is 43.2 Å². The van der Waals surface area contributed by atoms with E-state index in [0.29, 0.717) is 27.7 Å². The van der Waals surface area contributed by atoms with Gasteiger partial charge in [-0.05, 0) is 52.3 Å². The number of pyridine rings is 1. The molecule has 1 unspecified atom stereocenters. The van der Waals surface area contributed by atoms with E-state index in [1.807, 2.05) is 0 Å². The Balaban J connectivity index is 1.61. The van der Waals surface area contributed by atoms with Gasteiger partial charge in [0.2, 0.25) is 0 Å². The van der Waals surface area contributed by atoms with Crippen LogP contribution >= 0.6 is 0 Å². The molecule has 0 saturated carbocycles. The minimum Gasteiger partial charge on any atom is -0.497 e. The maximum atomic E-state index is 14.1. The van der Waals surface area contributed by atoms with E-state index in [-0.39, 0.29) is 40.8 Å². The lowest BCUT2D eigenvalue weighted by atomic mass is 9.98. The van der Waals surface area contributed by atoms with E-state index in [1.54, 1.807) is 48.5 Å². The van der Waals surface area contributed by atoms with Crippen LogP contribution in [0.1, 0.15) is 23.3 Å². The van der Waals surface area contributed by atoms with Crippen molar-refractivity contribution in [2.24, 2.45) is 0 Å². The third kappa shape index (κ3) is 5.10. The highest BCUT2D eigenvalue weighted by atomic mass is 16.7. The van der Waals surface area contributed by atoms with Gasteiger partial charge in [-0.15, -0.1) is 5.06 Å². The number of rotatable bonds is 9. The molecule has 1 aliphatic heterocycles. The normalized spacial score (nSPS) is 13.8. The van der Waals surface area contributed by atoms with Crippen LogP contribution < -0.4 is 9.47 Å². The minimum atomic E-state index is -1.58. The molecule has 0 radical (unpaired) electrons. The lowest BCUT2D eigenvalue weighted by Crippen LogP contribution is -2.48. The first-order valence-electron chi connectivity index (χ1n) is 12.7. The Labute approximate surface area is 238 Å². The van der Waals surface area contributed by atoms with E-state index in [1.165, 1.54) is 21.3 Å². The zero-order valence-electron chi connectivity index (χ0n) is 22.8. The molecule has 0 aliphatic carbocycles. The van der Waals surface area contributed by atoms with Crippen LogP contribution in [0.25, 0.3) is 33.4 Å². The highest BCUT2D eigenvalue weighted by molar-refractivity contribution is 6.10. The monoisotopic (exact) mass is 575 g/mol. The Morgan fingerprint density at radius 2 is 1.48 bits per heavy atom. The third-order valence-corrected chi connectivity index (χ3v) is 6.77. The molecule has 3 heterocycles. The van der Waals surface area contributed by atoms with Crippen molar-refractivity contribution >= 4 is 34.7 Å². The van der Waals surface area contributed by atoms with Gasteiger partial charge in [-0.3, -0.25) is 14.4 Å². The number of aromatic nitrogens is 3. The predicted octanol–water partition coefficient (Wildman–Crippen LogP) is 2.01. The molecule has 1 N–H and O–H groups in total. The SMILES string of the molecule is COc1ccc(-c2nc(C(=O)N(C)C(CO)C(=O)ON3C(=O)CCC3=O)c(-c3ccc(OC)cc3)c3nonc23)cc1. The van der Waals surface area contributed by atoms with Crippen LogP contribution in [0, 0.1) is 0 Å². The Bertz CT molecular complexity index is 1650. The van der Waals surface area contributed by atoms with Crippen molar-refractivity contribution in [1.29, 1.82) is 0 Å². The number of carbonyl (C=O) groups is 4. The van der Waals surface area contributed by atoms with E-state index in [4.69, 9.17) is 18.9 Å². The van der Waals surface area contributed by atoms with Crippen molar-refractivity contribution in [1.82, 2.24) is 25.3 Å². The highest BCUT2D eigenvalue weighted by Gasteiger charge is 2.38. The number of hydrogen-bond donors (Lipinski definition) is 1. The standard InChI is InChI=1S/C28H25N5O9/c1-32(19(14-34)28(38)41-33-20(35)12-13-21(33)36)27(37)25-22(15-4-8-17(39-2)9-5-15)24-26(31-42-30-24)23(29-25)16-6-10-18(40-3)11-7-16/h4-11,19,34H,12-14H2,1-3H3. The summed E-state index contributed by atoms with van der Waals surface area (Å²) >= 11 is 0. The van der Waals surface area contributed by atoms with Gasteiger partial charge in [0.1, 0.15) is 28.4 Å². The second-order valence-electron chi connectivity index (χ2n) is 9.21. The molecule has 14 heteroatoms. The van der Waals surface area contributed by atoms with Gasteiger partial charge in [-0.2, -0.15) is 0 Å². The van der Waals surface area contributed by atoms with Gasteiger partial charge in [0.15, 0.2) is 11.6 Å². The van der Waals surface area contributed by atoms with Gasteiger partial charge in [-0.25, -0.2) is 14.4 Å². The Morgan fingerprint density at radius 3 is 2.02 bits per heavy atom. The van der Waals surface area contributed by atoms with Gasteiger partial charge >= 0.3 is 5.97 Å². The van der Waals surface area contributed by atoms with Crippen LogP contribution in [0.4, 0.5) is 0 Å². The largest absolute Gasteiger partial charge is 0.497 e. The van der Waals surface area contributed by atoms with E-state index in [2.05, 4.69) is 15.3 Å². The lowest BCUT2D eigenvalue weighted by molar-refractivity contribution is -0.201. The molecule has 0 bridgehead atoms. The van der Waals surface area contributed by atoms with Crippen molar-refractivity contribution in [2.45, 2.75) is 18.9 Å². The fourth-order valence-corrected chi connectivity index (χ4v) is 4.45. The number of benzene rings is 2. The maximum Gasteiger partial charge on any atom is 0.357 e. The molecule has 3 amide bonds. The molecule has 2 aromatic heterocycles. The van der Waals surface area contributed by atoms with Crippen LogP contribution in [0.3, 0.4) is 0 Å². The van der Waals surface area contributed by atoms with Crippen LogP contribution in [-0.4, -0.2) is 88.0 Å². The topological polar surface area (TPSA) is 174 Å². The quantitative estimate of drug-likeness (QED) is 0.288. The number of fused-ring (bicyclic) bond motifs is 1. The Morgan fingerprint density at radius 1 is 0.929 bits per heavy atom. The van der Waals surface area contributed by atoms with Gasteiger partial charge in [0.25, 0.3) is 17.7 Å². The fourth-order valence-electron chi connectivity index (χ4n) is 4.45. The third-order valence-electron chi connectivity index (χ3n) is 6.77. The Kier molecular flexibility index (Phi) is 7.80. The van der Waals surface area contributed by atoms with Crippen molar-refractivity contribution in [3.05, 3.63) is 54.2 Å². The summed E-state index contributed by atoms with van der Waals surface area (Å²) in [6.45, 7) is -0.867. The van der Waals surface area contributed by atoms with Crippen LogP contribution in [0.5, 0.6) is 11.5 Å². The number of hydrogen-bond acceptors (Lipinski definition) is 12. The first-order chi connectivity index (χ1) is 20.3. The number of carbonyl (C=O) groups excluding carboxylic acids is 4. The number of likely N-dealkylation sites (N-methyl/N-ethyl adjacent to an activating group) is 1. The molecule has 1 saturated heterocycles. The summed E-state index contributed by atoms with van der Waals surface area (Å²) in [5.41, 5.74) is 1.94. The summed E-state index contributed by atoms with van der Waals surface area (Å²) in [4.78, 5) is 61.4. The van der Waals surface area contributed by atoms with Gasteiger partial charge in [0.05, 0.1) is 20.8 Å².